The van der Waals surface area contributed by atoms with E-state index >= 15 is 0 Å². The van der Waals surface area contributed by atoms with Gasteiger partial charge in [-0.2, -0.15) is 23.5 Å². The van der Waals surface area contributed by atoms with Gasteiger partial charge in [0.15, 0.2) is 5.82 Å². The first kappa shape index (κ1) is 12.9. The Kier molecular flexibility index (Phi) is 2.90. The molecule has 0 saturated carbocycles. The van der Waals surface area contributed by atoms with E-state index in [1.165, 1.54) is 18.1 Å². The van der Waals surface area contributed by atoms with Crippen molar-refractivity contribution in [1.82, 2.24) is 14.8 Å². The highest BCUT2D eigenvalue weighted by molar-refractivity contribution is 5.68. The third-order valence-corrected chi connectivity index (χ3v) is 2.38. The highest BCUT2D eigenvalue weighted by Crippen LogP contribution is 2.41. The first-order valence-corrected chi connectivity index (χ1v) is 5.03. The zero-order valence-corrected chi connectivity index (χ0v) is 9.60. The number of aromatic nitrogens is 3. The Morgan fingerprint density at radius 1 is 1.37 bits per heavy atom. The van der Waals surface area contributed by atoms with Gasteiger partial charge in [-0.15, -0.1) is 0 Å². The van der Waals surface area contributed by atoms with Crippen molar-refractivity contribution in [3.8, 4) is 23.2 Å². The summed E-state index contributed by atoms with van der Waals surface area (Å²) in [5, 5.41) is 22.2. The van der Waals surface area contributed by atoms with E-state index in [0.717, 1.165) is 6.07 Å². The van der Waals surface area contributed by atoms with Crippen LogP contribution in [0.4, 0.5) is 13.2 Å². The molecule has 1 aromatic heterocycles. The van der Waals surface area contributed by atoms with Gasteiger partial charge < -0.3 is 5.11 Å². The van der Waals surface area contributed by atoms with Gasteiger partial charge in [0.05, 0.1) is 22.8 Å². The van der Waals surface area contributed by atoms with Crippen molar-refractivity contribution >= 4 is 0 Å². The van der Waals surface area contributed by atoms with Crippen LogP contribution in [0.15, 0.2) is 18.5 Å². The molecule has 1 aromatic carbocycles. The molecule has 0 aliphatic carbocycles. The molecule has 1 N–H and O–H groups in total. The fourth-order valence-corrected chi connectivity index (χ4v) is 1.55. The Morgan fingerprint density at radius 3 is 2.53 bits per heavy atom. The lowest BCUT2D eigenvalue weighted by Crippen LogP contribution is -2.06. The molecule has 5 nitrogen and oxygen atoms in total. The van der Waals surface area contributed by atoms with Crippen LogP contribution in [0.25, 0.3) is 11.4 Å². The average Bonchev–Trinajstić information content (AvgIpc) is 2.74. The maximum absolute atomic E-state index is 12.8. The third kappa shape index (κ3) is 2.35. The number of nitrogens with zero attached hydrogens (tertiary/aromatic N) is 4. The van der Waals surface area contributed by atoms with Gasteiger partial charge in [0, 0.05) is 7.05 Å². The number of nitriles is 1. The Hall–Kier alpha value is -2.56. The lowest BCUT2D eigenvalue weighted by molar-refractivity contribution is -0.138. The Balaban J connectivity index is 2.71. The molecule has 0 aliphatic heterocycles. The summed E-state index contributed by atoms with van der Waals surface area (Å²) < 4.78 is 39.5. The standard InChI is InChI=1S/C11H7F3N4O/c1-18-5-16-10(17-18)7-2-6(4-15)3-8(9(7)19)11(12,13)14/h2-3,5,19H,1H3. The van der Waals surface area contributed by atoms with E-state index in [4.69, 9.17) is 5.26 Å². The summed E-state index contributed by atoms with van der Waals surface area (Å²) in [6.07, 6.45) is -3.48. The molecule has 98 valence electrons. The second-order valence-electron chi connectivity index (χ2n) is 3.77. The number of phenols is 1. The van der Waals surface area contributed by atoms with Crippen LogP contribution >= 0.6 is 0 Å². The topological polar surface area (TPSA) is 74.7 Å². The summed E-state index contributed by atoms with van der Waals surface area (Å²) >= 11 is 0. The van der Waals surface area contributed by atoms with Crippen LogP contribution in [0.5, 0.6) is 5.75 Å². The summed E-state index contributed by atoms with van der Waals surface area (Å²) in [5.74, 6) is -1.07. The summed E-state index contributed by atoms with van der Waals surface area (Å²) in [6.45, 7) is 0. The van der Waals surface area contributed by atoms with E-state index in [0.29, 0.717) is 6.07 Å². The summed E-state index contributed by atoms with van der Waals surface area (Å²) in [5.41, 5.74) is -1.74. The molecule has 0 amide bonds. The molecule has 0 saturated heterocycles. The summed E-state index contributed by atoms with van der Waals surface area (Å²) in [7, 11) is 1.53. The van der Waals surface area contributed by atoms with Gasteiger partial charge >= 0.3 is 6.18 Å². The van der Waals surface area contributed by atoms with Crippen molar-refractivity contribution in [1.29, 1.82) is 5.26 Å². The maximum Gasteiger partial charge on any atom is 0.420 e. The van der Waals surface area contributed by atoms with E-state index in [9.17, 15) is 18.3 Å². The van der Waals surface area contributed by atoms with Crippen molar-refractivity contribution < 1.29 is 18.3 Å². The maximum atomic E-state index is 12.8. The largest absolute Gasteiger partial charge is 0.507 e. The van der Waals surface area contributed by atoms with Crippen molar-refractivity contribution in [3.05, 3.63) is 29.6 Å². The van der Waals surface area contributed by atoms with Gasteiger partial charge in [0.2, 0.25) is 0 Å². The number of benzene rings is 1. The molecule has 0 radical (unpaired) electrons. The lowest BCUT2D eigenvalue weighted by Gasteiger charge is -2.11. The predicted octanol–water partition coefficient (Wildman–Crippen LogP) is 2.08. The molecular weight excluding hydrogens is 261 g/mol. The second-order valence-corrected chi connectivity index (χ2v) is 3.77. The number of rotatable bonds is 1. The molecule has 0 spiro atoms. The van der Waals surface area contributed by atoms with Crippen LogP contribution in [0.2, 0.25) is 0 Å². The Labute approximate surface area is 105 Å². The quantitative estimate of drug-likeness (QED) is 0.859. The third-order valence-electron chi connectivity index (χ3n) is 2.38. The van der Waals surface area contributed by atoms with Gasteiger partial charge in [0.25, 0.3) is 0 Å². The van der Waals surface area contributed by atoms with Crippen LogP contribution in [0, 0.1) is 11.3 Å². The van der Waals surface area contributed by atoms with E-state index in [-0.39, 0.29) is 17.0 Å². The molecule has 19 heavy (non-hydrogen) atoms. The zero-order valence-electron chi connectivity index (χ0n) is 9.60. The fraction of sp³-hybridized carbons (Fsp3) is 0.182. The molecule has 0 fully saturated rings. The average molecular weight is 268 g/mol. The minimum absolute atomic E-state index is 0.0809. The molecule has 0 bridgehead atoms. The van der Waals surface area contributed by atoms with Crippen molar-refractivity contribution in [2.45, 2.75) is 6.18 Å². The van der Waals surface area contributed by atoms with E-state index in [1.807, 2.05) is 0 Å². The number of phenolic OH excluding ortho intramolecular Hbond substituents is 1. The van der Waals surface area contributed by atoms with Gasteiger partial charge in [-0.1, -0.05) is 0 Å². The molecule has 2 rings (SSSR count). The van der Waals surface area contributed by atoms with Crippen LogP contribution in [-0.2, 0) is 13.2 Å². The zero-order chi connectivity index (χ0) is 14.2. The predicted molar refractivity (Wildman–Crippen MR) is 57.8 cm³/mol. The van der Waals surface area contributed by atoms with Gasteiger partial charge in [0.1, 0.15) is 12.1 Å². The van der Waals surface area contributed by atoms with Crippen LogP contribution in [0.3, 0.4) is 0 Å². The number of hydrogen-bond acceptors (Lipinski definition) is 4. The van der Waals surface area contributed by atoms with Gasteiger partial charge in [-0.25, -0.2) is 4.98 Å². The monoisotopic (exact) mass is 268 g/mol. The van der Waals surface area contributed by atoms with Crippen LogP contribution in [-0.4, -0.2) is 19.9 Å². The van der Waals surface area contributed by atoms with Crippen molar-refractivity contribution in [3.63, 3.8) is 0 Å². The molecule has 0 aliphatic rings. The van der Waals surface area contributed by atoms with E-state index in [2.05, 4.69) is 10.1 Å². The fourth-order valence-electron chi connectivity index (χ4n) is 1.55. The molecule has 0 unspecified atom stereocenters. The minimum atomic E-state index is -4.76. The summed E-state index contributed by atoms with van der Waals surface area (Å²) in [6, 6.07) is 3.31. The SMILES string of the molecule is Cn1cnc(-c2cc(C#N)cc(C(F)(F)F)c2O)n1. The van der Waals surface area contributed by atoms with Gasteiger partial charge in [-0.05, 0) is 12.1 Å². The molecule has 1 heterocycles. The number of halogens is 3. The number of aromatic hydroxyl groups is 1. The van der Waals surface area contributed by atoms with Crippen LogP contribution in [0.1, 0.15) is 11.1 Å². The molecule has 2 aromatic rings. The van der Waals surface area contributed by atoms with Crippen molar-refractivity contribution in [2.75, 3.05) is 0 Å². The molecular formula is C11H7F3N4O. The minimum Gasteiger partial charge on any atom is -0.507 e. The first-order valence-electron chi connectivity index (χ1n) is 5.03. The van der Waals surface area contributed by atoms with E-state index < -0.39 is 17.5 Å². The van der Waals surface area contributed by atoms with Crippen LogP contribution < -0.4 is 0 Å². The Morgan fingerprint density at radius 2 is 2.05 bits per heavy atom. The molecule has 0 atom stereocenters. The number of aryl methyl sites for hydroxylation is 1. The van der Waals surface area contributed by atoms with E-state index in [1.54, 1.807) is 6.07 Å². The van der Waals surface area contributed by atoms with Gasteiger partial charge in [-0.3, -0.25) is 4.68 Å². The Bertz CT molecular complexity index is 670. The smallest absolute Gasteiger partial charge is 0.420 e. The lowest BCUT2D eigenvalue weighted by atomic mass is 10.0. The normalized spacial score (nSPS) is 11.3. The highest BCUT2D eigenvalue weighted by atomic mass is 19.4. The van der Waals surface area contributed by atoms with Crippen molar-refractivity contribution in [2.24, 2.45) is 7.05 Å². The first-order chi connectivity index (χ1) is 8.82. The molecule has 8 heteroatoms. The summed E-state index contributed by atoms with van der Waals surface area (Å²) in [4.78, 5) is 3.76. The number of alkyl halides is 3. The number of hydrogen-bond donors (Lipinski definition) is 1. The highest BCUT2D eigenvalue weighted by Gasteiger charge is 2.36. The second kappa shape index (κ2) is 4.28.